The van der Waals surface area contributed by atoms with Crippen LogP contribution in [0.2, 0.25) is 5.02 Å². The van der Waals surface area contributed by atoms with Crippen molar-refractivity contribution in [3.63, 3.8) is 0 Å². The van der Waals surface area contributed by atoms with Gasteiger partial charge in [-0.1, -0.05) is 41.9 Å². The van der Waals surface area contributed by atoms with Crippen molar-refractivity contribution in [2.45, 2.75) is 25.7 Å². The number of ether oxygens (including phenoxy) is 2. The summed E-state index contributed by atoms with van der Waals surface area (Å²) >= 11 is 5.96. The van der Waals surface area contributed by atoms with E-state index in [2.05, 4.69) is 5.32 Å². The van der Waals surface area contributed by atoms with Gasteiger partial charge in [-0.2, -0.15) is 0 Å². The van der Waals surface area contributed by atoms with Crippen molar-refractivity contribution >= 4 is 11.6 Å². The van der Waals surface area contributed by atoms with Crippen molar-refractivity contribution < 1.29 is 24.8 Å². The molecular formula is C26H30ClNO5. The number of phenols is 1. The number of aromatic hydroxyl groups is 1. The van der Waals surface area contributed by atoms with E-state index in [0.29, 0.717) is 49.1 Å². The standard InChI is InChI=1S/C26H30ClNO5/c27-23-3-1-2-20(14-23)18-32-12-13-33-24-7-4-19(5-8-24)10-11-28-16-26(31)21-6-9-25(30)22(15-21)17-29/h1-9,14-15,26,28-31H,10-13,16-18H2/t26-/m0/s1. The second-order valence-corrected chi connectivity index (χ2v) is 8.13. The fourth-order valence-corrected chi connectivity index (χ4v) is 3.53. The van der Waals surface area contributed by atoms with Crippen LogP contribution >= 0.6 is 11.6 Å². The number of nitrogens with one attached hydrogen (secondary N) is 1. The average molecular weight is 472 g/mol. The van der Waals surface area contributed by atoms with Crippen LogP contribution in [0.5, 0.6) is 11.5 Å². The van der Waals surface area contributed by atoms with Crippen molar-refractivity contribution in [2.24, 2.45) is 0 Å². The summed E-state index contributed by atoms with van der Waals surface area (Å²) in [4.78, 5) is 0. The molecule has 0 aromatic heterocycles. The maximum absolute atomic E-state index is 10.3. The van der Waals surface area contributed by atoms with Gasteiger partial charge in [-0.3, -0.25) is 0 Å². The van der Waals surface area contributed by atoms with Crippen LogP contribution < -0.4 is 10.1 Å². The summed E-state index contributed by atoms with van der Waals surface area (Å²) in [5.74, 6) is 0.819. The quantitative estimate of drug-likeness (QED) is 0.282. The van der Waals surface area contributed by atoms with E-state index < -0.39 is 6.10 Å². The van der Waals surface area contributed by atoms with E-state index >= 15 is 0 Å². The SMILES string of the molecule is OCc1cc([C@@H](O)CNCCc2ccc(OCCOCc3cccc(Cl)c3)cc2)ccc1O. The molecule has 0 unspecified atom stereocenters. The van der Waals surface area contributed by atoms with Crippen LogP contribution in [0.1, 0.15) is 28.4 Å². The van der Waals surface area contributed by atoms with Gasteiger partial charge in [0.25, 0.3) is 0 Å². The predicted octanol–water partition coefficient (Wildman–Crippen LogP) is 4.00. The molecule has 0 aliphatic rings. The fraction of sp³-hybridized carbons (Fsp3) is 0.308. The van der Waals surface area contributed by atoms with Gasteiger partial charge in [0.05, 0.1) is 25.9 Å². The Morgan fingerprint density at radius 1 is 0.939 bits per heavy atom. The zero-order valence-corrected chi connectivity index (χ0v) is 19.2. The van der Waals surface area contributed by atoms with Crippen molar-refractivity contribution in [3.8, 4) is 11.5 Å². The van der Waals surface area contributed by atoms with Gasteiger partial charge < -0.3 is 30.1 Å². The lowest BCUT2D eigenvalue weighted by Crippen LogP contribution is -2.23. The van der Waals surface area contributed by atoms with Gasteiger partial charge in [0.15, 0.2) is 0 Å². The minimum atomic E-state index is -0.715. The topological polar surface area (TPSA) is 91.2 Å². The van der Waals surface area contributed by atoms with Crippen molar-refractivity contribution in [1.82, 2.24) is 5.32 Å². The Labute approximate surface area is 199 Å². The second kappa shape index (κ2) is 13.2. The Morgan fingerprint density at radius 2 is 1.76 bits per heavy atom. The number of aliphatic hydroxyl groups is 2. The highest BCUT2D eigenvalue weighted by atomic mass is 35.5. The average Bonchev–Trinajstić information content (AvgIpc) is 2.82. The summed E-state index contributed by atoms with van der Waals surface area (Å²) in [6.45, 7) is 2.27. The molecule has 7 heteroatoms. The molecule has 3 rings (SSSR count). The summed E-state index contributed by atoms with van der Waals surface area (Å²) in [5, 5.41) is 33.1. The minimum Gasteiger partial charge on any atom is -0.508 e. The lowest BCUT2D eigenvalue weighted by molar-refractivity contribution is 0.0889. The molecule has 4 N–H and O–H groups in total. The predicted molar refractivity (Wildman–Crippen MR) is 129 cm³/mol. The Balaban J connectivity index is 1.31. The summed E-state index contributed by atoms with van der Waals surface area (Å²) in [6.07, 6.45) is 0.0977. The van der Waals surface area contributed by atoms with Crippen LogP contribution in [0.25, 0.3) is 0 Å². The highest BCUT2D eigenvalue weighted by molar-refractivity contribution is 6.30. The number of benzene rings is 3. The lowest BCUT2D eigenvalue weighted by Gasteiger charge is -2.14. The van der Waals surface area contributed by atoms with Crippen LogP contribution in [0.4, 0.5) is 0 Å². The van der Waals surface area contributed by atoms with E-state index in [4.69, 9.17) is 21.1 Å². The van der Waals surface area contributed by atoms with Crippen LogP contribution in [-0.2, 0) is 24.4 Å². The Hall–Kier alpha value is -2.61. The normalized spacial score (nSPS) is 12.0. The molecule has 0 radical (unpaired) electrons. The first-order chi connectivity index (χ1) is 16.0. The second-order valence-electron chi connectivity index (χ2n) is 7.69. The highest BCUT2D eigenvalue weighted by Gasteiger charge is 2.10. The largest absolute Gasteiger partial charge is 0.508 e. The first kappa shape index (κ1) is 25.0. The number of aliphatic hydroxyl groups excluding tert-OH is 2. The molecule has 0 aliphatic heterocycles. The Bertz CT molecular complexity index is 996. The zero-order chi connectivity index (χ0) is 23.5. The third-order valence-corrected chi connectivity index (χ3v) is 5.40. The molecule has 0 aliphatic carbocycles. The first-order valence-electron chi connectivity index (χ1n) is 10.9. The molecule has 0 heterocycles. The third-order valence-electron chi connectivity index (χ3n) is 5.16. The fourth-order valence-electron chi connectivity index (χ4n) is 3.32. The monoisotopic (exact) mass is 471 g/mol. The Kier molecular flexibility index (Phi) is 10.00. The molecule has 0 saturated heterocycles. The summed E-state index contributed by atoms with van der Waals surface area (Å²) in [7, 11) is 0. The van der Waals surface area contributed by atoms with E-state index in [1.165, 1.54) is 6.07 Å². The van der Waals surface area contributed by atoms with Gasteiger partial charge in [0.2, 0.25) is 0 Å². The first-order valence-corrected chi connectivity index (χ1v) is 11.3. The highest BCUT2D eigenvalue weighted by Crippen LogP contribution is 2.22. The molecule has 0 fully saturated rings. The Morgan fingerprint density at radius 3 is 2.52 bits per heavy atom. The summed E-state index contributed by atoms with van der Waals surface area (Å²) in [6, 6.07) is 20.3. The zero-order valence-electron chi connectivity index (χ0n) is 18.4. The smallest absolute Gasteiger partial charge is 0.121 e. The molecule has 0 amide bonds. The maximum atomic E-state index is 10.3. The number of rotatable bonds is 13. The molecule has 33 heavy (non-hydrogen) atoms. The number of hydrogen-bond donors (Lipinski definition) is 4. The van der Waals surface area contributed by atoms with Gasteiger partial charge in [0, 0.05) is 17.1 Å². The van der Waals surface area contributed by atoms with E-state index in [-0.39, 0.29) is 12.4 Å². The molecule has 3 aromatic carbocycles. The molecule has 3 aromatic rings. The third kappa shape index (κ3) is 8.35. The maximum Gasteiger partial charge on any atom is 0.121 e. The van der Waals surface area contributed by atoms with Gasteiger partial charge in [-0.15, -0.1) is 0 Å². The van der Waals surface area contributed by atoms with Crippen molar-refractivity contribution in [3.05, 3.63) is 94.0 Å². The van der Waals surface area contributed by atoms with Crippen LogP contribution in [-0.4, -0.2) is 41.6 Å². The molecule has 176 valence electrons. The van der Waals surface area contributed by atoms with Gasteiger partial charge >= 0.3 is 0 Å². The van der Waals surface area contributed by atoms with Crippen molar-refractivity contribution in [1.29, 1.82) is 0 Å². The van der Waals surface area contributed by atoms with Gasteiger partial charge in [-0.25, -0.2) is 0 Å². The van der Waals surface area contributed by atoms with E-state index in [9.17, 15) is 15.3 Å². The van der Waals surface area contributed by atoms with E-state index in [0.717, 1.165) is 23.3 Å². The summed E-state index contributed by atoms with van der Waals surface area (Å²) in [5.41, 5.74) is 3.25. The van der Waals surface area contributed by atoms with Crippen LogP contribution in [0, 0.1) is 0 Å². The molecular weight excluding hydrogens is 442 g/mol. The minimum absolute atomic E-state index is 0.0268. The molecule has 0 bridgehead atoms. The molecule has 0 saturated carbocycles. The summed E-state index contributed by atoms with van der Waals surface area (Å²) < 4.78 is 11.3. The van der Waals surface area contributed by atoms with Gasteiger partial charge in [-0.05, 0) is 66.1 Å². The number of halogens is 1. The van der Waals surface area contributed by atoms with Gasteiger partial charge in [0.1, 0.15) is 18.1 Å². The van der Waals surface area contributed by atoms with E-state index in [1.54, 1.807) is 12.1 Å². The molecule has 1 atom stereocenters. The lowest BCUT2D eigenvalue weighted by atomic mass is 10.1. The van der Waals surface area contributed by atoms with Crippen molar-refractivity contribution in [2.75, 3.05) is 26.3 Å². The molecule has 0 spiro atoms. The van der Waals surface area contributed by atoms with Crippen LogP contribution in [0.3, 0.4) is 0 Å². The van der Waals surface area contributed by atoms with Crippen LogP contribution in [0.15, 0.2) is 66.7 Å². The molecule has 6 nitrogen and oxygen atoms in total. The number of hydrogen-bond acceptors (Lipinski definition) is 6. The van der Waals surface area contributed by atoms with E-state index in [1.807, 2.05) is 48.5 Å².